The van der Waals surface area contributed by atoms with Crippen LogP contribution in [0.1, 0.15) is 88.1 Å². The van der Waals surface area contributed by atoms with E-state index in [2.05, 4.69) is 64.0 Å². The molecule has 0 bridgehead atoms. The SMILES string of the molecule is CNC(=O)[C@@]12C[C@@H]1[C@@H](n1cnc3c(NCc4cccc(Cl)c4)nc(C#CCCC(=O)NCCNC(=O)CCCCCNC(=O)CCCC[C@@H]4SC[C@@H]5NC(=O)N[C@@H]54)nc31)[C@H](O)[C@@H]2O. The van der Waals surface area contributed by atoms with Crippen molar-refractivity contribution in [2.24, 2.45) is 11.3 Å². The summed E-state index contributed by atoms with van der Waals surface area (Å²) in [7, 11) is 1.51. The monoisotopic (exact) mass is 905 g/mol. The van der Waals surface area contributed by atoms with Gasteiger partial charge >= 0.3 is 6.03 Å². The van der Waals surface area contributed by atoms with Gasteiger partial charge in [0.15, 0.2) is 17.0 Å². The predicted molar refractivity (Wildman–Crippen MR) is 237 cm³/mol. The van der Waals surface area contributed by atoms with Crippen LogP contribution in [0.4, 0.5) is 10.6 Å². The van der Waals surface area contributed by atoms with E-state index in [9.17, 15) is 34.2 Å². The largest absolute Gasteiger partial charge is 0.389 e. The number of urea groups is 1. The number of nitrogens with zero attached hydrogens (tertiary/aromatic N) is 4. The third kappa shape index (κ3) is 11.0. The number of aliphatic hydroxyl groups is 2. The molecule has 2 saturated carbocycles. The maximum absolute atomic E-state index is 12.8. The highest BCUT2D eigenvalue weighted by atomic mass is 35.5. The summed E-state index contributed by atoms with van der Waals surface area (Å²) >= 11 is 8.08. The fourth-order valence-electron chi connectivity index (χ4n) is 9.01. The minimum Gasteiger partial charge on any atom is -0.389 e. The first-order chi connectivity index (χ1) is 30.5. The number of thioether (sulfide) groups is 1. The minimum absolute atomic E-state index is 0.0397. The quantitative estimate of drug-likeness (QED) is 0.0423. The van der Waals surface area contributed by atoms with E-state index in [0.717, 1.165) is 43.4 Å². The molecule has 18 nitrogen and oxygen atoms in total. The molecule has 1 aromatic carbocycles. The van der Waals surface area contributed by atoms with Crippen LogP contribution in [0.25, 0.3) is 11.2 Å². The standard InChI is InChI=1S/C43H56ClN11O7S/c1-45-41(61)43-21-27(43)36(37(59)38(43)60)55-24-50-35-39(49-22-25-10-9-11-26(44)20-25)52-30(53-40(35)55)13-5-7-16-33(58)48-19-18-47-32(57)14-3-2-8-17-46-31(56)15-6-4-12-29-34-28(23-63-29)51-42(62)54-34/h9-11,20,24,27-29,34,36-38,59-60H,2-4,6-8,12,14-19,21-23H2,1H3,(H,45,61)(H,46,56)(H,47,57)(H,48,58)(H,49,52,53)(H2,51,54,62)/t27-,28+,29+,34+,36-,37+,38+,43+/m1/s1. The van der Waals surface area contributed by atoms with Gasteiger partial charge in [-0.3, -0.25) is 19.2 Å². The average molecular weight is 907 g/mol. The first kappa shape index (κ1) is 45.9. The highest BCUT2D eigenvalue weighted by molar-refractivity contribution is 8.00. The number of amides is 6. The zero-order valence-corrected chi connectivity index (χ0v) is 36.8. The highest BCUT2D eigenvalue weighted by Gasteiger charge is 2.75. The Hall–Kier alpha value is -5.16. The molecule has 9 N–H and O–H groups in total. The van der Waals surface area contributed by atoms with E-state index in [0.29, 0.717) is 72.6 Å². The summed E-state index contributed by atoms with van der Waals surface area (Å²) < 4.78 is 1.68. The van der Waals surface area contributed by atoms with Crippen LogP contribution in [0, 0.1) is 23.2 Å². The van der Waals surface area contributed by atoms with E-state index in [4.69, 9.17) is 11.6 Å². The molecule has 338 valence electrons. The van der Waals surface area contributed by atoms with Crippen molar-refractivity contribution in [3.8, 4) is 11.8 Å². The van der Waals surface area contributed by atoms with Crippen molar-refractivity contribution in [1.82, 2.24) is 51.4 Å². The van der Waals surface area contributed by atoms with Gasteiger partial charge in [0.05, 0.1) is 36.0 Å². The smallest absolute Gasteiger partial charge is 0.315 e. The Labute approximate surface area is 375 Å². The predicted octanol–water partition coefficient (Wildman–Crippen LogP) is 1.89. The molecular weight excluding hydrogens is 850 g/mol. The third-order valence-corrected chi connectivity index (χ3v) is 14.1. The Morgan fingerprint density at radius 3 is 2.48 bits per heavy atom. The van der Waals surface area contributed by atoms with Gasteiger partial charge in [-0.1, -0.05) is 42.5 Å². The molecule has 20 heteroatoms. The van der Waals surface area contributed by atoms with E-state index in [-0.39, 0.29) is 72.9 Å². The summed E-state index contributed by atoms with van der Waals surface area (Å²) in [5.74, 6) is 6.48. The number of unbranched alkanes of at least 4 members (excludes halogenated alkanes) is 3. The fraction of sp³-hybridized carbons (Fsp3) is 0.581. The zero-order chi connectivity index (χ0) is 44.5. The topological polar surface area (TPSA) is 254 Å². The number of halogens is 1. The molecule has 63 heavy (non-hydrogen) atoms. The molecule has 8 atom stereocenters. The number of aliphatic hydroxyl groups excluding tert-OH is 2. The summed E-state index contributed by atoms with van der Waals surface area (Å²) in [6, 6.07) is 7.04. The van der Waals surface area contributed by atoms with Crippen molar-refractivity contribution in [3.63, 3.8) is 0 Å². The second kappa shape index (κ2) is 21.0. The summed E-state index contributed by atoms with van der Waals surface area (Å²) in [4.78, 5) is 75.2. The van der Waals surface area contributed by atoms with E-state index < -0.39 is 23.7 Å². The van der Waals surface area contributed by atoms with Crippen molar-refractivity contribution in [1.29, 1.82) is 0 Å². The van der Waals surface area contributed by atoms with Gasteiger partial charge in [-0.15, -0.1) is 0 Å². The van der Waals surface area contributed by atoms with Gasteiger partial charge in [0, 0.05) is 80.9 Å². The lowest BCUT2D eigenvalue weighted by molar-refractivity contribution is -0.132. The van der Waals surface area contributed by atoms with Gasteiger partial charge in [0.25, 0.3) is 0 Å². The maximum atomic E-state index is 12.8. The van der Waals surface area contributed by atoms with Crippen LogP contribution in [0.3, 0.4) is 0 Å². The summed E-state index contributed by atoms with van der Waals surface area (Å²) in [5.41, 5.74) is 0.620. The van der Waals surface area contributed by atoms with Gasteiger partial charge in [-0.05, 0) is 55.7 Å². The van der Waals surface area contributed by atoms with Gasteiger partial charge in [-0.25, -0.2) is 19.7 Å². The number of aromatic nitrogens is 4. The summed E-state index contributed by atoms with van der Waals surface area (Å²) in [6.45, 7) is 1.51. The number of fused-ring (bicyclic) bond motifs is 3. The Kier molecular flexibility index (Phi) is 15.3. The normalized spacial score (nSPS) is 25.2. The number of hydrogen-bond donors (Lipinski definition) is 9. The Morgan fingerprint density at radius 2 is 1.71 bits per heavy atom. The molecule has 3 aromatic rings. The number of carbonyl (C=O) groups excluding carboxylic acids is 5. The van der Waals surface area contributed by atoms with E-state index in [1.807, 2.05) is 30.0 Å². The number of nitrogens with one attached hydrogen (secondary N) is 7. The number of anilines is 1. The van der Waals surface area contributed by atoms with Crippen LogP contribution >= 0.6 is 23.4 Å². The molecule has 2 aliphatic carbocycles. The van der Waals surface area contributed by atoms with E-state index >= 15 is 0 Å². The number of imidazole rings is 1. The Bertz CT molecular complexity index is 2230. The molecule has 6 amide bonds. The molecule has 0 unspecified atom stereocenters. The second-order valence-electron chi connectivity index (χ2n) is 16.6. The zero-order valence-electron chi connectivity index (χ0n) is 35.3. The summed E-state index contributed by atoms with van der Waals surface area (Å²) in [5, 5.41) is 43.5. The molecular formula is C43H56ClN11O7S. The van der Waals surface area contributed by atoms with Crippen molar-refractivity contribution < 1.29 is 34.2 Å². The maximum Gasteiger partial charge on any atom is 0.315 e. The van der Waals surface area contributed by atoms with Crippen LogP contribution in [0.15, 0.2) is 30.6 Å². The lowest BCUT2D eigenvalue weighted by Gasteiger charge is -2.23. The molecule has 4 heterocycles. The Morgan fingerprint density at radius 1 is 0.968 bits per heavy atom. The lowest BCUT2D eigenvalue weighted by atomic mass is 9.98. The average Bonchev–Trinajstić information content (AvgIpc) is 3.46. The van der Waals surface area contributed by atoms with Crippen molar-refractivity contribution in [2.45, 2.75) is 113 Å². The molecule has 4 aliphatic rings. The van der Waals surface area contributed by atoms with Gasteiger partial charge in [-0.2, -0.15) is 11.8 Å². The Balaban J connectivity index is 0.797. The first-order valence-electron chi connectivity index (χ1n) is 21.8. The minimum atomic E-state index is -1.25. The number of carbonyl (C=O) groups is 5. The molecule has 0 radical (unpaired) electrons. The van der Waals surface area contributed by atoms with Gasteiger partial charge in [0.1, 0.15) is 6.10 Å². The van der Waals surface area contributed by atoms with Crippen molar-refractivity contribution in [2.75, 3.05) is 37.8 Å². The number of rotatable bonds is 21. The first-order valence-corrected chi connectivity index (χ1v) is 23.2. The number of hydrogen-bond acceptors (Lipinski definition) is 12. The van der Waals surface area contributed by atoms with E-state index in [1.54, 1.807) is 10.6 Å². The van der Waals surface area contributed by atoms with Crippen molar-refractivity contribution >= 4 is 70.0 Å². The molecule has 0 spiro atoms. The molecule has 2 aliphatic heterocycles. The fourth-order valence-corrected chi connectivity index (χ4v) is 10.8. The van der Waals surface area contributed by atoms with Crippen molar-refractivity contribution in [3.05, 3.63) is 47.0 Å². The lowest BCUT2D eigenvalue weighted by Crippen LogP contribution is -2.41. The molecule has 7 rings (SSSR count). The van der Waals surface area contributed by atoms with Crippen LogP contribution in [0.2, 0.25) is 5.02 Å². The highest BCUT2D eigenvalue weighted by Crippen LogP contribution is 2.67. The van der Waals surface area contributed by atoms with Gasteiger partial charge < -0.3 is 52.0 Å². The van der Waals surface area contributed by atoms with Crippen LogP contribution < -0.4 is 37.2 Å². The van der Waals surface area contributed by atoms with E-state index in [1.165, 1.54) is 13.4 Å². The van der Waals surface area contributed by atoms with Crippen LogP contribution in [-0.2, 0) is 25.7 Å². The summed E-state index contributed by atoms with van der Waals surface area (Å²) in [6.07, 6.45) is 5.69. The van der Waals surface area contributed by atoms with Gasteiger partial charge in [0.2, 0.25) is 29.5 Å². The molecule has 2 saturated heterocycles. The van der Waals surface area contributed by atoms with Crippen LogP contribution in [-0.4, -0.2) is 121 Å². The van der Waals surface area contributed by atoms with Crippen LogP contribution in [0.5, 0.6) is 0 Å². The number of benzene rings is 1. The third-order valence-electron chi connectivity index (χ3n) is 12.3. The second-order valence-corrected chi connectivity index (χ2v) is 18.3. The molecule has 4 fully saturated rings. The molecule has 2 aromatic heterocycles.